The van der Waals surface area contributed by atoms with Crippen molar-refractivity contribution in [1.82, 2.24) is 15.1 Å². The molecule has 0 saturated carbocycles. The van der Waals surface area contributed by atoms with Gasteiger partial charge in [-0.15, -0.1) is 0 Å². The van der Waals surface area contributed by atoms with Crippen LogP contribution in [0.25, 0.3) is 0 Å². The Labute approximate surface area is 106 Å². The lowest BCUT2D eigenvalue weighted by Crippen LogP contribution is -2.47. The molecule has 0 aromatic carbocycles. The van der Waals surface area contributed by atoms with Gasteiger partial charge in [-0.3, -0.25) is 9.89 Å². The Hall–Kier alpha value is -1.40. The number of ether oxygens (including phenoxy) is 1. The number of carbonyl (C=O) groups is 1. The number of amides is 1. The first-order valence-electron chi connectivity index (χ1n) is 6.07. The molecule has 2 N–H and O–H groups in total. The van der Waals surface area contributed by atoms with Crippen molar-refractivity contribution in [2.24, 2.45) is 0 Å². The molecule has 1 aromatic heterocycles. The van der Waals surface area contributed by atoms with Gasteiger partial charge in [0, 0.05) is 45.3 Å². The van der Waals surface area contributed by atoms with Crippen LogP contribution in [0.15, 0.2) is 6.20 Å². The number of hydrogen-bond acceptors (Lipinski definition) is 4. The molecule has 0 atom stereocenters. The molecule has 2 heterocycles. The number of carbonyl (C=O) groups excluding carboxylic acids is 1. The van der Waals surface area contributed by atoms with E-state index in [4.69, 9.17) is 4.74 Å². The SMILES string of the molecule is Cc1[nH]ncc1C(=O)N(C)CC1(O)CCOCC1. The lowest BCUT2D eigenvalue weighted by Gasteiger charge is -2.35. The number of rotatable bonds is 3. The molecule has 0 aliphatic carbocycles. The van der Waals surface area contributed by atoms with E-state index >= 15 is 0 Å². The summed E-state index contributed by atoms with van der Waals surface area (Å²) in [5, 5.41) is 16.9. The summed E-state index contributed by atoms with van der Waals surface area (Å²) >= 11 is 0. The Morgan fingerprint density at radius 3 is 2.83 bits per heavy atom. The van der Waals surface area contributed by atoms with Crippen molar-refractivity contribution >= 4 is 5.91 Å². The predicted octanol–water partition coefficient (Wildman–Crippen LogP) is 0.332. The minimum atomic E-state index is -0.833. The molecule has 0 unspecified atom stereocenters. The van der Waals surface area contributed by atoms with Crippen molar-refractivity contribution in [3.05, 3.63) is 17.5 Å². The molecular formula is C12H19N3O3. The maximum absolute atomic E-state index is 12.2. The summed E-state index contributed by atoms with van der Waals surface area (Å²) in [6.45, 7) is 3.21. The van der Waals surface area contributed by atoms with Crippen molar-refractivity contribution in [2.75, 3.05) is 26.8 Å². The summed E-state index contributed by atoms with van der Waals surface area (Å²) in [6, 6.07) is 0. The predicted molar refractivity (Wildman–Crippen MR) is 65.3 cm³/mol. The number of likely N-dealkylation sites (N-methyl/N-ethyl adjacent to an activating group) is 1. The van der Waals surface area contributed by atoms with E-state index in [1.165, 1.54) is 6.20 Å². The van der Waals surface area contributed by atoms with E-state index in [2.05, 4.69) is 10.2 Å². The third-order valence-corrected chi connectivity index (χ3v) is 3.36. The minimum Gasteiger partial charge on any atom is -0.388 e. The number of aliphatic hydroxyl groups is 1. The van der Waals surface area contributed by atoms with E-state index in [-0.39, 0.29) is 5.91 Å². The lowest BCUT2D eigenvalue weighted by atomic mass is 9.94. The molecule has 1 saturated heterocycles. The molecule has 0 bridgehead atoms. The third-order valence-electron chi connectivity index (χ3n) is 3.36. The second-order valence-electron chi connectivity index (χ2n) is 4.91. The molecule has 6 heteroatoms. The Morgan fingerprint density at radius 1 is 1.61 bits per heavy atom. The Morgan fingerprint density at radius 2 is 2.28 bits per heavy atom. The van der Waals surface area contributed by atoms with Crippen molar-refractivity contribution < 1.29 is 14.6 Å². The Balaban J connectivity index is 2.01. The van der Waals surface area contributed by atoms with E-state index in [1.807, 2.05) is 0 Å². The monoisotopic (exact) mass is 253 g/mol. The maximum Gasteiger partial charge on any atom is 0.257 e. The van der Waals surface area contributed by atoms with Gasteiger partial charge in [0.25, 0.3) is 5.91 Å². The van der Waals surface area contributed by atoms with E-state index in [0.717, 1.165) is 5.69 Å². The van der Waals surface area contributed by atoms with Crippen LogP contribution in [0.3, 0.4) is 0 Å². The highest BCUT2D eigenvalue weighted by Crippen LogP contribution is 2.22. The summed E-state index contributed by atoms with van der Waals surface area (Å²) < 4.78 is 5.22. The van der Waals surface area contributed by atoms with Crippen LogP contribution in [-0.2, 0) is 4.74 Å². The summed E-state index contributed by atoms with van der Waals surface area (Å²) in [4.78, 5) is 13.7. The van der Waals surface area contributed by atoms with Crippen LogP contribution in [0.2, 0.25) is 0 Å². The molecule has 2 rings (SSSR count). The van der Waals surface area contributed by atoms with Gasteiger partial charge < -0.3 is 14.7 Å². The molecule has 18 heavy (non-hydrogen) atoms. The number of aryl methyl sites for hydroxylation is 1. The number of nitrogens with zero attached hydrogens (tertiary/aromatic N) is 2. The summed E-state index contributed by atoms with van der Waals surface area (Å²) in [6.07, 6.45) is 2.65. The zero-order chi connectivity index (χ0) is 13.2. The molecule has 100 valence electrons. The molecule has 1 aliphatic heterocycles. The van der Waals surface area contributed by atoms with E-state index in [0.29, 0.717) is 38.2 Å². The second kappa shape index (κ2) is 5.07. The first-order chi connectivity index (χ1) is 8.52. The highest BCUT2D eigenvalue weighted by Gasteiger charge is 2.32. The van der Waals surface area contributed by atoms with Gasteiger partial charge in [-0.1, -0.05) is 0 Å². The highest BCUT2D eigenvalue weighted by atomic mass is 16.5. The summed E-state index contributed by atoms with van der Waals surface area (Å²) in [7, 11) is 1.70. The largest absolute Gasteiger partial charge is 0.388 e. The number of nitrogens with one attached hydrogen (secondary N) is 1. The molecule has 0 radical (unpaired) electrons. The lowest BCUT2D eigenvalue weighted by molar-refractivity contribution is -0.0734. The van der Waals surface area contributed by atoms with Gasteiger partial charge in [-0.05, 0) is 6.92 Å². The van der Waals surface area contributed by atoms with Crippen LogP contribution in [0.1, 0.15) is 28.9 Å². The van der Waals surface area contributed by atoms with Crippen LogP contribution in [0.4, 0.5) is 0 Å². The van der Waals surface area contributed by atoms with Crippen molar-refractivity contribution in [2.45, 2.75) is 25.4 Å². The average molecular weight is 253 g/mol. The second-order valence-corrected chi connectivity index (χ2v) is 4.91. The first-order valence-corrected chi connectivity index (χ1v) is 6.07. The molecule has 1 fully saturated rings. The Bertz CT molecular complexity index is 424. The maximum atomic E-state index is 12.2. The van der Waals surface area contributed by atoms with Crippen LogP contribution in [0, 0.1) is 6.92 Å². The Kier molecular flexibility index (Phi) is 3.68. The van der Waals surface area contributed by atoms with Gasteiger partial charge in [0.05, 0.1) is 17.4 Å². The van der Waals surface area contributed by atoms with Crippen LogP contribution in [0.5, 0.6) is 0 Å². The zero-order valence-corrected chi connectivity index (χ0v) is 10.8. The fraction of sp³-hybridized carbons (Fsp3) is 0.667. The van der Waals surface area contributed by atoms with Crippen molar-refractivity contribution in [1.29, 1.82) is 0 Å². The van der Waals surface area contributed by atoms with Gasteiger partial charge in [-0.2, -0.15) is 5.10 Å². The van der Waals surface area contributed by atoms with Gasteiger partial charge >= 0.3 is 0 Å². The van der Waals surface area contributed by atoms with E-state index in [1.54, 1.807) is 18.9 Å². The van der Waals surface area contributed by atoms with Crippen LogP contribution in [-0.4, -0.2) is 58.5 Å². The van der Waals surface area contributed by atoms with Crippen LogP contribution < -0.4 is 0 Å². The zero-order valence-electron chi connectivity index (χ0n) is 10.8. The van der Waals surface area contributed by atoms with Crippen molar-refractivity contribution in [3.63, 3.8) is 0 Å². The topological polar surface area (TPSA) is 78.5 Å². The number of H-pyrrole nitrogens is 1. The molecule has 1 amide bonds. The third kappa shape index (κ3) is 2.70. The van der Waals surface area contributed by atoms with Gasteiger partial charge in [0.2, 0.25) is 0 Å². The number of hydrogen-bond donors (Lipinski definition) is 2. The van der Waals surface area contributed by atoms with Crippen molar-refractivity contribution in [3.8, 4) is 0 Å². The smallest absolute Gasteiger partial charge is 0.257 e. The van der Waals surface area contributed by atoms with Gasteiger partial charge in [0.1, 0.15) is 0 Å². The average Bonchev–Trinajstić information content (AvgIpc) is 2.74. The number of aromatic nitrogens is 2. The molecule has 6 nitrogen and oxygen atoms in total. The normalized spacial score (nSPS) is 18.6. The fourth-order valence-corrected chi connectivity index (χ4v) is 2.19. The molecule has 0 spiro atoms. The fourth-order valence-electron chi connectivity index (χ4n) is 2.19. The molecule has 1 aromatic rings. The van der Waals surface area contributed by atoms with Gasteiger partial charge in [0.15, 0.2) is 0 Å². The van der Waals surface area contributed by atoms with Gasteiger partial charge in [-0.25, -0.2) is 0 Å². The number of aromatic amines is 1. The standard InChI is InChI=1S/C12H19N3O3/c1-9-10(7-13-14-9)11(16)15(2)8-12(17)3-5-18-6-4-12/h7,17H,3-6,8H2,1-2H3,(H,13,14). The molecule has 1 aliphatic rings. The van der Waals surface area contributed by atoms with E-state index < -0.39 is 5.60 Å². The first kappa shape index (κ1) is 13.0. The van der Waals surface area contributed by atoms with E-state index in [9.17, 15) is 9.90 Å². The highest BCUT2D eigenvalue weighted by molar-refractivity contribution is 5.94. The quantitative estimate of drug-likeness (QED) is 0.813. The molecular weight excluding hydrogens is 234 g/mol. The van der Waals surface area contributed by atoms with Crippen LogP contribution >= 0.6 is 0 Å². The summed E-state index contributed by atoms with van der Waals surface area (Å²) in [5.74, 6) is -0.124. The minimum absolute atomic E-state index is 0.124. The summed E-state index contributed by atoms with van der Waals surface area (Å²) in [5.41, 5.74) is 0.458.